The van der Waals surface area contributed by atoms with E-state index in [9.17, 15) is 18.3 Å². The van der Waals surface area contributed by atoms with Gasteiger partial charge in [-0.1, -0.05) is 35.9 Å². The zero-order valence-electron chi connectivity index (χ0n) is 10.8. The van der Waals surface area contributed by atoms with Gasteiger partial charge in [-0.25, -0.2) is 4.39 Å². The lowest BCUT2D eigenvalue weighted by atomic mass is 10.0. The average molecular weight is 317 g/mol. The molecule has 0 radical (unpaired) electrons. The molecule has 0 aliphatic carbocycles. The Balaban J connectivity index is 2.22. The summed E-state index contributed by atoms with van der Waals surface area (Å²) in [6.07, 6.45) is -1.04. The number of para-hydroxylation sites is 1. The van der Waals surface area contributed by atoms with Crippen molar-refractivity contribution in [2.24, 2.45) is 0 Å². The van der Waals surface area contributed by atoms with Crippen LogP contribution in [0.2, 0.25) is 5.02 Å². The Kier molecular flexibility index (Phi) is 5.09. The third-order valence-corrected chi connectivity index (χ3v) is 3.27. The van der Waals surface area contributed by atoms with E-state index >= 15 is 0 Å². The lowest BCUT2D eigenvalue weighted by molar-refractivity contribution is -0.0515. The maximum Gasteiger partial charge on any atom is 0.387 e. The fraction of sp³-hybridized carbons (Fsp3) is 0.200. The van der Waals surface area contributed by atoms with Crippen LogP contribution in [-0.2, 0) is 6.42 Å². The van der Waals surface area contributed by atoms with Crippen LogP contribution in [0.4, 0.5) is 13.2 Å². The second-order valence-electron chi connectivity index (χ2n) is 4.37. The highest BCUT2D eigenvalue weighted by atomic mass is 35.5. The van der Waals surface area contributed by atoms with Crippen LogP contribution in [0.1, 0.15) is 17.2 Å². The first-order chi connectivity index (χ1) is 9.97. The zero-order valence-corrected chi connectivity index (χ0v) is 11.5. The van der Waals surface area contributed by atoms with Crippen LogP contribution in [0.15, 0.2) is 42.5 Å². The molecular formula is C15H12ClF3O2. The van der Waals surface area contributed by atoms with Gasteiger partial charge in [0.1, 0.15) is 11.6 Å². The summed E-state index contributed by atoms with van der Waals surface area (Å²) in [5.74, 6) is -0.585. The zero-order chi connectivity index (χ0) is 15.4. The molecule has 0 fully saturated rings. The summed E-state index contributed by atoms with van der Waals surface area (Å²) in [7, 11) is 0. The Labute approximate surface area is 124 Å². The first kappa shape index (κ1) is 15.7. The lowest BCUT2D eigenvalue weighted by Crippen LogP contribution is -2.09. The minimum absolute atomic E-state index is 0.0583. The standard InChI is InChI=1S/C15H12ClF3O2/c16-12-8-10(17)6-5-9(12)7-13(20)11-3-1-2-4-14(11)21-15(18)19/h1-6,8,13,15,20H,7H2. The predicted octanol–water partition coefficient (Wildman–Crippen LogP) is 4.36. The smallest absolute Gasteiger partial charge is 0.387 e. The molecule has 1 unspecified atom stereocenters. The summed E-state index contributed by atoms with van der Waals surface area (Å²) >= 11 is 5.88. The molecule has 0 saturated heterocycles. The molecular weight excluding hydrogens is 305 g/mol. The molecule has 6 heteroatoms. The van der Waals surface area contributed by atoms with Gasteiger partial charge in [0.25, 0.3) is 0 Å². The van der Waals surface area contributed by atoms with Gasteiger partial charge < -0.3 is 9.84 Å². The van der Waals surface area contributed by atoms with Crippen molar-refractivity contribution < 1.29 is 23.0 Å². The molecule has 1 atom stereocenters. The third kappa shape index (κ3) is 4.12. The molecule has 2 aromatic rings. The Morgan fingerprint density at radius 3 is 2.52 bits per heavy atom. The largest absolute Gasteiger partial charge is 0.434 e. The highest BCUT2D eigenvalue weighted by Gasteiger charge is 2.17. The molecule has 2 nitrogen and oxygen atoms in total. The van der Waals surface area contributed by atoms with Gasteiger partial charge in [0.2, 0.25) is 0 Å². The molecule has 0 aromatic heterocycles. The van der Waals surface area contributed by atoms with E-state index in [1.54, 1.807) is 6.07 Å². The van der Waals surface area contributed by atoms with Crippen LogP contribution in [0, 0.1) is 5.82 Å². The minimum Gasteiger partial charge on any atom is -0.434 e. The third-order valence-electron chi connectivity index (χ3n) is 2.92. The number of ether oxygens (including phenoxy) is 1. The highest BCUT2D eigenvalue weighted by molar-refractivity contribution is 6.31. The van der Waals surface area contributed by atoms with Crippen molar-refractivity contribution in [3.8, 4) is 5.75 Å². The summed E-state index contributed by atoms with van der Waals surface area (Å²) in [6.45, 7) is -2.98. The van der Waals surface area contributed by atoms with Crippen molar-refractivity contribution in [3.05, 3.63) is 64.4 Å². The SMILES string of the molecule is OC(Cc1ccc(F)cc1Cl)c1ccccc1OC(F)F. The van der Waals surface area contributed by atoms with Gasteiger partial charge in [0.05, 0.1) is 6.10 Å². The fourth-order valence-electron chi connectivity index (χ4n) is 1.96. The lowest BCUT2D eigenvalue weighted by Gasteiger charge is -2.16. The van der Waals surface area contributed by atoms with E-state index in [4.69, 9.17) is 11.6 Å². The Bertz CT molecular complexity index is 620. The number of halogens is 4. The Hall–Kier alpha value is -1.72. The molecule has 0 heterocycles. The fourth-order valence-corrected chi connectivity index (χ4v) is 2.21. The van der Waals surface area contributed by atoms with E-state index in [0.29, 0.717) is 5.56 Å². The van der Waals surface area contributed by atoms with E-state index in [1.165, 1.54) is 30.3 Å². The Morgan fingerprint density at radius 2 is 1.86 bits per heavy atom. The van der Waals surface area contributed by atoms with E-state index < -0.39 is 18.5 Å². The topological polar surface area (TPSA) is 29.5 Å². The molecule has 112 valence electrons. The number of rotatable bonds is 5. The summed E-state index contributed by atoms with van der Waals surface area (Å²) < 4.78 is 42.0. The molecule has 2 rings (SSSR count). The number of aliphatic hydroxyl groups excluding tert-OH is 1. The molecule has 0 aliphatic rings. The van der Waals surface area contributed by atoms with Gasteiger partial charge in [0.15, 0.2) is 0 Å². The summed E-state index contributed by atoms with van der Waals surface area (Å²) in [4.78, 5) is 0. The van der Waals surface area contributed by atoms with Crippen molar-refractivity contribution in [2.45, 2.75) is 19.1 Å². The molecule has 0 saturated carbocycles. The number of aliphatic hydroxyl groups is 1. The number of alkyl halides is 2. The van der Waals surface area contributed by atoms with E-state index in [1.807, 2.05) is 0 Å². The van der Waals surface area contributed by atoms with Crippen LogP contribution in [0.5, 0.6) is 5.75 Å². The molecule has 21 heavy (non-hydrogen) atoms. The van der Waals surface area contributed by atoms with E-state index in [2.05, 4.69) is 4.74 Å². The molecule has 0 spiro atoms. The maximum atomic E-state index is 13.0. The van der Waals surface area contributed by atoms with Crippen LogP contribution in [-0.4, -0.2) is 11.7 Å². The van der Waals surface area contributed by atoms with E-state index in [0.717, 1.165) is 6.07 Å². The van der Waals surface area contributed by atoms with Crippen LogP contribution in [0.3, 0.4) is 0 Å². The number of benzene rings is 2. The maximum absolute atomic E-state index is 13.0. The van der Waals surface area contributed by atoms with E-state index in [-0.39, 0.29) is 22.8 Å². The summed E-state index contributed by atoms with van der Waals surface area (Å²) in [5, 5.41) is 10.4. The molecule has 2 aromatic carbocycles. The van der Waals surface area contributed by atoms with Gasteiger partial charge in [-0.05, 0) is 23.8 Å². The minimum atomic E-state index is -2.98. The van der Waals surface area contributed by atoms with Crippen LogP contribution < -0.4 is 4.74 Å². The van der Waals surface area contributed by atoms with Gasteiger partial charge in [-0.15, -0.1) is 0 Å². The van der Waals surface area contributed by atoms with Crippen molar-refractivity contribution in [3.63, 3.8) is 0 Å². The van der Waals surface area contributed by atoms with Crippen LogP contribution in [0.25, 0.3) is 0 Å². The van der Waals surface area contributed by atoms with Gasteiger partial charge in [-0.2, -0.15) is 8.78 Å². The second-order valence-corrected chi connectivity index (χ2v) is 4.78. The molecule has 0 bridgehead atoms. The van der Waals surface area contributed by atoms with Crippen molar-refractivity contribution in [1.29, 1.82) is 0 Å². The van der Waals surface area contributed by atoms with Crippen molar-refractivity contribution in [1.82, 2.24) is 0 Å². The summed E-state index contributed by atoms with van der Waals surface area (Å²) in [5.41, 5.74) is 0.732. The number of hydrogen-bond acceptors (Lipinski definition) is 2. The molecule has 0 aliphatic heterocycles. The van der Waals surface area contributed by atoms with Gasteiger partial charge in [-0.3, -0.25) is 0 Å². The summed E-state index contributed by atoms with van der Waals surface area (Å²) in [6, 6.07) is 9.75. The van der Waals surface area contributed by atoms with Crippen molar-refractivity contribution >= 4 is 11.6 Å². The first-order valence-corrected chi connectivity index (χ1v) is 6.51. The monoisotopic (exact) mass is 316 g/mol. The molecule has 0 amide bonds. The van der Waals surface area contributed by atoms with Gasteiger partial charge >= 0.3 is 6.61 Å². The first-order valence-electron chi connectivity index (χ1n) is 6.13. The van der Waals surface area contributed by atoms with Crippen molar-refractivity contribution in [2.75, 3.05) is 0 Å². The predicted molar refractivity (Wildman–Crippen MR) is 73.1 cm³/mol. The van der Waals surface area contributed by atoms with Crippen LogP contribution >= 0.6 is 11.6 Å². The normalized spacial score (nSPS) is 12.5. The molecule has 1 N–H and O–H groups in total. The van der Waals surface area contributed by atoms with Gasteiger partial charge in [0, 0.05) is 17.0 Å². The highest BCUT2D eigenvalue weighted by Crippen LogP contribution is 2.30. The second kappa shape index (κ2) is 6.83. The quantitative estimate of drug-likeness (QED) is 0.888. The number of hydrogen-bond donors (Lipinski definition) is 1. The average Bonchev–Trinajstić information content (AvgIpc) is 2.42. The Morgan fingerprint density at radius 1 is 1.14 bits per heavy atom.